The smallest absolute Gasteiger partial charge is 0.157 e. The Hall–Kier alpha value is -2.01. The van der Waals surface area contributed by atoms with Gasteiger partial charge in [0.05, 0.1) is 19.0 Å². The maximum atomic E-state index is 9.61. The van der Waals surface area contributed by atoms with E-state index < -0.39 is 0 Å². The third-order valence-corrected chi connectivity index (χ3v) is 2.05. The Labute approximate surface area is 92.5 Å². The van der Waals surface area contributed by atoms with E-state index in [2.05, 4.69) is 5.10 Å². The SMILES string of the molecule is OCCOc1cnn(-c2ccccc2O)c1. The van der Waals surface area contributed by atoms with Crippen molar-refractivity contribution in [3.8, 4) is 17.2 Å². The van der Waals surface area contributed by atoms with Gasteiger partial charge in [-0.25, -0.2) is 4.68 Å². The van der Waals surface area contributed by atoms with Gasteiger partial charge in [-0.3, -0.25) is 0 Å². The first-order valence-electron chi connectivity index (χ1n) is 4.88. The molecule has 0 saturated heterocycles. The second-order valence-electron chi connectivity index (χ2n) is 3.18. The Kier molecular flexibility index (Phi) is 3.07. The van der Waals surface area contributed by atoms with Crippen molar-refractivity contribution in [1.29, 1.82) is 0 Å². The van der Waals surface area contributed by atoms with Crippen LogP contribution in [0.3, 0.4) is 0 Å². The first kappa shape index (κ1) is 10.5. The topological polar surface area (TPSA) is 67.5 Å². The predicted molar refractivity (Wildman–Crippen MR) is 57.8 cm³/mol. The lowest BCUT2D eigenvalue weighted by molar-refractivity contribution is 0.201. The lowest BCUT2D eigenvalue weighted by Crippen LogP contribution is -2.00. The van der Waals surface area contributed by atoms with E-state index in [0.29, 0.717) is 11.4 Å². The molecule has 0 saturated carbocycles. The Morgan fingerprint density at radius 2 is 2.12 bits per heavy atom. The van der Waals surface area contributed by atoms with Crippen molar-refractivity contribution in [3.63, 3.8) is 0 Å². The molecule has 0 aliphatic carbocycles. The number of aromatic nitrogens is 2. The van der Waals surface area contributed by atoms with Crippen LogP contribution in [0.1, 0.15) is 0 Å². The summed E-state index contributed by atoms with van der Waals surface area (Å²) in [6.07, 6.45) is 3.17. The van der Waals surface area contributed by atoms with Crippen LogP contribution in [-0.2, 0) is 0 Å². The van der Waals surface area contributed by atoms with Gasteiger partial charge in [-0.15, -0.1) is 0 Å². The van der Waals surface area contributed by atoms with Crippen LogP contribution >= 0.6 is 0 Å². The lowest BCUT2D eigenvalue weighted by atomic mass is 10.3. The van der Waals surface area contributed by atoms with E-state index in [4.69, 9.17) is 9.84 Å². The summed E-state index contributed by atoms with van der Waals surface area (Å²) in [7, 11) is 0. The second kappa shape index (κ2) is 4.67. The molecule has 0 aliphatic rings. The first-order chi connectivity index (χ1) is 7.81. The zero-order chi connectivity index (χ0) is 11.4. The lowest BCUT2D eigenvalue weighted by Gasteiger charge is -2.03. The highest BCUT2D eigenvalue weighted by molar-refractivity contribution is 5.45. The average Bonchev–Trinajstić information content (AvgIpc) is 2.75. The number of para-hydroxylation sites is 2. The van der Waals surface area contributed by atoms with Gasteiger partial charge in [0.2, 0.25) is 0 Å². The minimum Gasteiger partial charge on any atom is -0.506 e. The highest BCUT2D eigenvalue weighted by atomic mass is 16.5. The molecule has 5 nitrogen and oxygen atoms in total. The quantitative estimate of drug-likeness (QED) is 0.805. The van der Waals surface area contributed by atoms with Crippen molar-refractivity contribution >= 4 is 0 Å². The largest absolute Gasteiger partial charge is 0.506 e. The summed E-state index contributed by atoms with van der Waals surface area (Å²) in [6.45, 7) is 0.189. The number of rotatable bonds is 4. The Morgan fingerprint density at radius 3 is 2.88 bits per heavy atom. The number of hydrogen-bond acceptors (Lipinski definition) is 4. The Morgan fingerprint density at radius 1 is 1.31 bits per heavy atom. The van der Waals surface area contributed by atoms with E-state index in [1.807, 2.05) is 6.07 Å². The van der Waals surface area contributed by atoms with Crippen LogP contribution in [0.2, 0.25) is 0 Å². The Bertz CT molecular complexity index is 468. The average molecular weight is 220 g/mol. The first-order valence-corrected chi connectivity index (χ1v) is 4.88. The van der Waals surface area contributed by atoms with Crippen LogP contribution < -0.4 is 4.74 Å². The zero-order valence-electron chi connectivity index (χ0n) is 8.58. The summed E-state index contributed by atoms with van der Waals surface area (Å²) >= 11 is 0. The van der Waals surface area contributed by atoms with E-state index >= 15 is 0 Å². The van der Waals surface area contributed by atoms with Crippen molar-refractivity contribution in [2.45, 2.75) is 0 Å². The number of ether oxygens (including phenoxy) is 1. The van der Waals surface area contributed by atoms with Crippen molar-refractivity contribution < 1.29 is 14.9 Å². The van der Waals surface area contributed by atoms with Crippen LogP contribution in [0.15, 0.2) is 36.7 Å². The molecule has 1 aromatic heterocycles. The van der Waals surface area contributed by atoms with Gasteiger partial charge in [0.25, 0.3) is 0 Å². The van der Waals surface area contributed by atoms with Crippen molar-refractivity contribution in [1.82, 2.24) is 9.78 Å². The molecule has 0 fully saturated rings. The van der Waals surface area contributed by atoms with Crippen LogP contribution in [0, 0.1) is 0 Å². The third-order valence-electron chi connectivity index (χ3n) is 2.05. The molecular weight excluding hydrogens is 208 g/mol. The van der Waals surface area contributed by atoms with Crippen LogP contribution in [0.25, 0.3) is 5.69 Å². The van der Waals surface area contributed by atoms with E-state index in [9.17, 15) is 5.11 Å². The summed E-state index contributed by atoms with van der Waals surface area (Å²) in [5.41, 5.74) is 0.585. The monoisotopic (exact) mass is 220 g/mol. The van der Waals surface area contributed by atoms with Crippen molar-refractivity contribution in [3.05, 3.63) is 36.7 Å². The van der Waals surface area contributed by atoms with E-state index in [0.717, 1.165) is 0 Å². The molecule has 0 spiro atoms. The minimum atomic E-state index is -0.0399. The molecule has 0 unspecified atom stereocenters. The van der Waals surface area contributed by atoms with Gasteiger partial charge in [0, 0.05) is 0 Å². The molecule has 0 radical (unpaired) electrons. The number of phenols is 1. The molecule has 0 amide bonds. The van der Waals surface area contributed by atoms with Gasteiger partial charge < -0.3 is 14.9 Å². The van der Waals surface area contributed by atoms with Crippen molar-refractivity contribution in [2.75, 3.05) is 13.2 Å². The van der Waals surface area contributed by atoms with Gasteiger partial charge in [-0.2, -0.15) is 5.10 Å². The third kappa shape index (κ3) is 2.14. The van der Waals surface area contributed by atoms with Crippen LogP contribution in [-0.4, -0.2) is 33.2 Å². The highest BCUT2D eigenvalue weighted by Crippen LogP contribution is 2.21. The number of benzene rings is 1. The summed E-state index contributed by atoms with van der Waals surface area (Å²) in [4.78, 5) is 0. The molecule has 1 aromatic carbocycles. The van der Waals surface area contributed by atoms with E-state index in [-0.39, 0.29) is 19.0 Å². The van der Waals surface area contributed by atoms with Gasteiger partial charge >= 0.3 is 0 Å². The standard InChI is InChI=1S/C11H12N2O3/c14-5-6-16-9-7-12-13(8-9)10-3-1-2-4-11(10)15/h1-4,7-8,14-15H,5-6H2. The molecule has 0 atom stereocenters. The highest BCUT2D eigenvalue weighted by Gasteiger charge is 2.05. The fourth-order valence-electron chi connectivity index (χ4n) is 1.33. The summed E-state index contributed by atoms with van der Waals surface area (Å²) in [5.74, 6) is 0.705. The van der Waals surface area contributed by atoms with E-state index in [1.165, 1.54) is 10.9 Å². The van der Waals surface area contributed by atoms with Crippen LogP contribution in [0.5, 0.6) is 11.5 Å². The minimum absolute atomic E-state index is 0.0399. The number of nitrogens with zero attached hydrogens (tertiary/aromatic N) is 2. The maximum absolute atomic E-state index is 9.61. The number of hydrogen-bond donors (Lipinski definition) is 2. The molecule has 2 N–H and O–H groups in total. The second-order valence-corrected chi connectivity index (χ2v) is 3.18. The Balaban J connectivity index is 2.22. The van der Waals surface area contributed by atoms with Gasteiger partial charge in [0.15, 0.2) is 5.75 Å². The van der Waals surface area contributed by atoms with Gasteiger partial charge in [0.1, 0.15) is 18.0 Å². The molecule has 0 bridgehead atoms. The summed E-state index contributed by atoms with van der Waals surface area (Å²) in [6, 6.07) is 6.89. The number of phenolic OH excluding ortho intramolecular Hbond substituents is 1. The molecule has 2 aromatic rings. The molecule has 0 aliphatic heterocycles. The molecule has 1 heterocycles. The molecule has 5 heteroatoms. The summed E-state index contributed by atoms with van der Waals surface area (Å²) in [5, 5.41) is 22.3. The maximum Gasteiger partial charge on any atom is 0.157 e. The normalized spacial score (nSPS) is 10.3. The molecule has 16 heavy (non-hydrogen) atoms. The molecule has 84 valence electrons. The predicted octanol–water partition coefficient (Wildman–Crippen LogP) is 0.949. The van der Waals surface area contributed by atoms with Gasteiger partial charge in [-0.1, -0.05) is 12.1 Å². The molecular formula is C11H12N2O3. The fraction of sp³-hybridized carbons (Fsp3) is 0.182. The zero-order valence-corrected chi connectivity index (χ0v) is 8.58. The summed E-state index contributed by atoms with van der Waals surface area (Å²) < 4.78 is 6.70. The fourth-order valence-corrected chi connectivity index (χ4v) is 1.33. The van der Waals surface area contributed by atoms with Gasteiger partial charge in [-0.05, 0) is 12.1 Å². The van der Waals surface area contributed by atoms with Crippen LogP contribution in [0.4, 0.5) is 0 Å². The molecule has 2 rings (SSSR count). The van der Waals surface area contributed by atoms with Crippen molar-refractivity contribution in [2.24, 2.45) is 0 Å². The number of aliphatic hydroxyl groups excluding tert-OH is 1. The number of aromatic hydroxyl groups is 1. The van der Waals surface area contributed by atoms with E-state index in [1.54, 1.807) is 24.4 Å². The number of aliphatic hydroxyl groups is 1.